The van der Waals surface area contributed by atoms with Crippen molar-refractivity contribution in [2.24, 2.45) is 5.92 Å². The first-order valence-electron chi connectivity index (χ1n) is 7.67. The molecule has 1 unspecified atom stereocenters. The summed E-state index contributed by atoms with van der Waals surface area (Å²) in [5, 5.41) is 3.89. The van der Waals surface area contributed by atoms with E-state index in [-0.39, 0.29) is 27.3 Å². The molecule has 0 radical (unpaired) electrons. The van der Waals surface area contributed by atoms with E-state index in [0.717, 1.165) is 19.4 Å². The van der Waals surface area contributed by atoms with Gasteiger partial charge in [0, 0.05) is 19.1 Å². The van der Waals surface area contributed by atoms with Crippen molar-refractivity contribution in [1.29, 1.82) is 0 Å². The van der Waals surface area contributed by atoms with E-state index >= 15 is 0 Å². The lowest BCUT2D eigenvalue weighted by molar-refractivity contribution is 0.234. The van der Waals surface area contributed by atoms with E-state index < -0.39 is 10.0 Å². The maximum atomic E-state index is 12.8. The Hall–Kier alpha value is -0.0400. The summed E-state index contributed by atoms with van der Waals surface area (Å²) in [5.41, 5.74) is 0. The summed E-state index contributed by atoms with van der Waals surface area (Å²) in [5.74, 6) is 0.565. The van der Waals surface area contributed by atoms with E-state index in [1.54, 1.807) is 18.2 Å². The highest BCUT2D eigenvalue weighted by Crippen LogP contribution is 2.34. The van der Waals surface area contributed by atoms with Gasteiger partial charge in [-0.2, -0.15) is 4.31 Å². The normalized spacial score (nSPS) is 23.7. The van der Waals surface area contributed by atoms with E-state index in [9.17, 15) is 8.42 Å². The zero-order valence-corrected chi connectivity index (χ0v) is 15.8. The van der Waals surface area contributed by atoms with Crippen LogP contribution in [0.15, 0.2) is 23.1 Å². The summed E-state index contributed by atoms with van der Waals surface area (Å²) in [7, 11) is -3.62. The van der Waals surface area contributed by atoms with Crippen molar-refractivity contribution in [3.63, 3.8) is 0 Å². The van der Waals surface area contributed by atoms with Crippen molar-refractivity contribution in [2.75, 3.05) is 19.6 Å². The van der Waals surface area contributed by atoms with Crippen LogP contribution >= 0.6 is 35.6 Å². The van der Waals surface area contributed by atoms with Gasteiger partial charge in [-0.05, 0) is 50.3 Å². The minimum Gasteiger partial charge on any atom is -0.314 e. The SMILES string of the molecule is Cl.O=S(=O)(c1c(Cl)cccc1Cl)N1CCC(C2CCCN2)CC1. The summed E-state index contributed by atoms with van der Waals surface area (Å²) >= 11 is 12.1. The molecule has 2 aliphatic heterocycles. The third-order valence-corrected chi connectivity index (χ3v) is 7.54. The van der Waals surface area contributed by atoms with Crippen molar-refractivity contribution in [3.05, 3.63) is 28.2 Å². The van der Waals surface area contributed by atoms with E-state index in [1.165, 1.54) is 17.1 Å². The van der Waals surface area contributed by atoms with Crippen LogP contribution in [0.5, 0.6) is 0 Å². The topological polar surface area (TPSA) is 49.4 Å². The second kappa shape index (κ2) is 7.89. The van der Waals surface area contributed by atoms with Gasteiger partial charge in [-0.15, -0.1) is 12.4 Å². The second-order valence-electron chi connectivity index (χ2n) is 6.00. The molecule has 2 fully saturated rings. The first kappa shape index (κ1) is 19.3. The molecular weight excluding hydrogens is 379 g/mol. The minimum atomic E-state index is -3.62. The Morgan fingerprint density at radius 1 is 1.09 bits per heavy atom. The lowest BCUT2D eigenvalue weighted by Gasteiger charge is -2.34. The Balaban J connectivity index is 0.00000192. The lowest BCUT2D eigenvalue weighted by Crippen LogP contribution is -2.43. The van der Waals surface area contributed by atoms with Gasteiger partial charge in [0.15, 0.2) is 0 Å². The molecular formula is C15H21Cl3N2O2S. The molecule has 130 valence electrons. The standard InChI is InChI=1S/C15H20Cl2N2O2S.ClH/c16-12-3-1-4-13(17)15(12)22(20,21)19-9-6-11(7-10-19)14-5-2-8-18-14;/h1,3-4,11,14,18H,2,5-10H2;1H. The molecule has 1 aromatic rings. The summed E-state index contributed by atoms with van der Waals surface area (Å²) in [6.45, 7) is 2.15. The fourth-order valence-corrected chi connectivity index (χ4v) is 6.05. The van der Waals surface area contributed by atoms with Crippen LogP contribution < -0.4 is 5.32 Å². The predicted octanol–water partition coefficient (Wildman–Crippen LogP) is 3.57. The molecule has 0 bridgehead atoms. The quantitative estimate of drug-likeness (QED) is 0.845. The molecule has 1 N–H and O–H groups in total. The highest BCUT2D eigenvalue weighted by molar-refractivity contribution is 7.89. The molecule has 0 amide bonds. The summed E-state index contributed by atoms with van der Waals surface area (Å²) in [6, 6.07) is 5.33. The molecule has 0 aromatic heterocycles. The van der Waals surface area contributed by atoms with Crippen LogP contribution in [0.1, 0.15) is 25.7 Å². The van der Waals surface area contributed by atoms with Gasteiger partial charge in [-0.3, -0.25) is 0 Å². The third-order valence-electron chi connectivity index (χ3n) is 4.68. The number of rotatable bonds is 3. The zero-order valence-electron chi connectivity index (χ0n) is 12.7. The van der Waals surface area contributed by atoms with E-state index in [2.05, 4.69) is 5.32 Å². The number of nitrogens with zero attached hydrogens (tertiary/aromatic N) is 1. The second-order valence-corrected chi connectivity index (χ2v) is 8.68. The first-order chi connectivity index (χ1) is 10.5. The number of hydrogen-bond donors (Lipinski definition) is 1. The Morgan fingerprint density at radius 3 is 2.22 bits per heavy atom. The summed E-state index contributed by atoms with van der Waals surface area (Å²) in [4.78, 5) is 0.0378. The number of hydrogen-bond acceptors (Lipinski definition) is 3. The van der Waals surface area contributed by atoms with Gasteiger partial charge in [0.25, 0.3) is 0 Å². The average molecular weight is 400 g/mol. The van der Waals surface area contributed by atoms with Crippen LogP contribution in [0.25, 0.3) is 0 Å². The third kappa shape index (κ3) is 3.97. The molecule has 1 atom stereocenters. The van der Waals surface area contributed by atoms with E-state index in [4.69, 9.17) is 23.2 Å². The highest BCUT2D eigenvalue weighted by atomic mass is 35.5. The molecule has 2 heterocycles. The van der Waals surface area contributed by atoms with Crippen molar-refractivity contribution >= 4 is 45.6 Å². The highest BCUT2D eigenvalue weighted by Gasteiger charge is 2.35. The smallest absolute Gasteiger partial charge is 0.246 e. The van der Waals surface area contributed by atoms with Gasteiger partial charge in [0.1, 0.15) is 4.90 Å². The molecule has 0 spiro atoms. The van der Waals surface area contributed by atoms with E-state index in [1.807, 2.05) is 0 Å². The molecule has 1 aromatic carbocycles. The molecule has 2 saturated heterocycles. The zero-order chi connectivity index (χ0) is 15.7. The molecule has 2 aliphatic rings. The fourth-order valence-electron chi connectivity index (χ4n) is 3.49. The van der Waals surface area contributed by atoms with Crippen LogP contribution in [0, 0.1) is 5.92 Å². The number of benzene rings is 1. The summed E-state index contributed by atoms with van der Waals surface area (Å²) < 4.78 is 27.1. The average Bonchev–Trinajstić information content (AvgIpc) is 3.01. The number of sulfonamides is 1. The van der Waals surface area contributed by atoms with Gasteiger partial charge < -0.3 is 5.32 Å². The van der Waals surface area contributed by atoms with Gasteiger partial charge in [-0.1, -0.05) is 29.3 Å². The van der Waals surface area contributed by atoms with Gasteiger partial charge in [-0.25, -0.2) is 8.42 Å². The Morgan fingerprint density at radius 2 is 1.70 bits per heavy atom. The summed E-state index contributed by atoms with van der Waals surface area (Å²) in [6.07, 6.45) is 4.20. The van der Waals surface area contributed by atoms with Gasteiger partial charge in [0.2, 0.25) is 10.0 Å². The maximum Gasteiger partial charge on any atom is 0.246 e. The maximum absolute atomic E-state index is 12.8. The van der Waals surface area contributed by atoms with E-state index in [0.29, 0.717) is 25.0 Å². The Labute approximate surface area is 154 Å². The van der Waals surface area contributed by atoms with Crippen LogP contribution in [-0.4, -0.2) is 38.4 Å². The van der Waals surface area contributed by atoms with Crippen molar-refractivity contribution in [1.82, 2.24) is 9.62 Å². The first-order valence-corrected chi connectivity index (χ1v) is 9.87. The van der Waals surface area contributed by atoms with Gasteiger partial charge >= 0.3 is 0 Å². The molecule has 3 rings (SSSR count). The molecule has 8 heteroatoms. The number of nitrogens with one attached hydrogen (secondary N) is 1. The Bertz CT molecular complexity index is 620. The molecule has 0 saturated carbocycles. The monoisotopic (exact) mass is 398 g/mol. The number of halogens is 3. The van der Waals surface area contributed by atoms with Crippen LogP contribution in [0.2, 0.25) is 10.0 Å². The van der Waals surface area contributed by atoms with Crippen molar-refractivity contribution in [2.45, 2.75) is 36.6 Å². The van der Waals surface area contributed by atoms with Crippen molar-refractivity contribution in [3.8, 4) is 0 Å². The molecule has 4 nitrogen and oxygen atoms in total. The number of piperidine rings is 1. The molecule has 23 heavy (non-hydrogen) atoms. The molecule has 0 aliphatic carbocycles. The largest absolute Gasteiger partial charge is 0.314 e. The Kier molecular flexibility index (Phi) is 6.62. The van der Waals surface area contributed by atoms with Crippen LogP contribution in [0.4, 0.5) is 0 Å². The van der Waals surface area contributed by atoms with Crippen LogP contribution in [-0.2, 0) is 10.0 Å². The fraction of sp³-hybridized carbons (Fsp3) is 0.600. The predicted molar refractivity (Wildman–Crippen MR) is 96.2 cm³/mol. The lowest BCUT2D eigenvalue weighted by atomic mass is 9.89. The van der Waals surface area contributed by atoms with Crippen LogP contribution in [0.3, 0.4) is 0 Å². The minimum absolute atomic E-state index is 0. The van der Waals surface area contributed by atoms with Gasteiger partial charge in [0.05, 0.1) is 10.0 Å². The van der Waals surface area contributed by atoms with Crippen molar-refractivity contribution < 1.29 is 8.42 Å².